The van der Waals surface area contributed by atoms with Crippen LogP contribution in [0, 0.1) is 5.82 Å². The number of hydrogen-bond acceptors (Lipinski definition) is 2. The lowest BCUT2D eigenvalue weighted by molar-refractivity contribution is 0.630. The Kier molecular flexibility index (Phi) is 1.32. The van der Waals surface area contributed by atoms with Crippen molar-refractivity contribution >= 4 is 27.1 Å². The van der Waals surface area contributed by atoms with Gasteiger partial charge in [0.25, 0.3) is 0 Å². The third-order valence-electron chi connectivity index (χ3n) is 1.57. The van der Waals surface area contributed by atoms with Gasteiger partial charge in [-0.15, -0.1) is 11.3 Å². The number of fused-ring (bicyclic) bond motifs is 1. The molecule has 0 aliphatic heterocycles. The van der Waals surface area contributed by atoms with E-state index in [4.69, 9.17) is 5.73 Å². The highest BCUT2D eigenvalue weighted by Crippen LogP contribution is 2.27. The van der Waals surface area contributed by atoms with Gasteiger partial charge in [-0.2, -0.15) is 0 Å². The molecule has 0 aliphatic rings. The summed E-state index contributed by atoms with van der Waals surface area (Å²) in [5, 5.41) is 2.76. The van der Waals surface area contributed by atoms with E-state index in [1.54, 1.807) is 6.07 Å². The van der Waals surface area contributed by atoms with Crippen molar-refractivity contribution in [2.24, 2.45) is 0 Å². The molecule has 0 saturated heterocycles. The van der Waals surface area contributed by atoms with E-state index in [0.717, 1.165) is 15.8 Å². The molecule has 2 rings (SSSR count). The van der Waals surface area contributed by atoms with Gasteiger partial charge < -0.3 is 5.73 Å². The van der Waals surface area contributed by atoms with Gasteiger partial charge in [0, 0.05) is 15.5 Å². The summed E-state index contributed by atoms with van der Waals surface area (Å²) in [6, 6.07) is 4.62. The van der Waals surface area contributed by atoms with E-state index in [0.29, 0.717) is 0 Å². The first-order chi connectivity index (χ1) is 5.27. The van der Waals surface area contributed by atoms with Crippen LogP contribution in [0.15, 0.2) is 23.6 Å². The Morgan fingerprint density at radius 1 is 1.36 bits per heavy atom. The first-order valence-electron chi connectivity index (χ1n) is 3.19. The van der Waals surface area contributed by atoms with Crippen molar-refractivity contribution in [2.45, 2.75) is 0 Å². The molecule has 1 heterocycles. The molecule has 3 heteroatoms. The lowest BCUT2D eigenvalue weighted by atomic mass is 10.2. The van der Waals surface area contributed by atoms with Crippen LogP contribution < -0.4 is 5.73 Å². The molecule has 0 atom stereocenters. The summed E-state index contributed by atoms with van der Waals surface area (Å²) in [6.07, 6.45) is 0. The zero-order valence-corrected chi connectivity index (χ0v) is 6.49. The predicted octanol–water partition coefficient (Wildman–Crippen LogP) is 2.62. The van der Waals surface area contributed by atoms with Crippen LogP contribution >= 0.6 is 11.3 Å². The molecule has 0 aliphatic carbocycles. The van der Waals surface area contributed by atoms with Crippen molar-refractivity contribution < 1.29 is 4.39 Å². The molecule has 0 fully saturated rings. The van der Waals surface area contributed by atoms with Gasteiger partial charge >= 0.3 is 0 Å². The van der Waals surface area contributed by atoms with Gasteiger partial charge in [-0.1, -0.05) is 0 Å². The Morgan fingerprint density at radius 2 is 2.18 bits per heavy atom. The van der Waals surface area contributed by atoms with E-state index < -0.39 is 0 Å². The van der Waals surface area contributed by atoms with Crippen molar-refractivity contribution in [3.8, 4) is 0 Å². The average Bonchev–Trinajstić information content (AvgIpc) is 2.32. The van der Waals surface area contributed by atoms with Crippen molar-refractivity contribution in [3.63, 3.8) is 0 Å². The number of anilines is 1. The third-order valence-corrected chi connectivity index (χ3v) is 2.53. The molecule has 0 saturated carbocycles. The summed E-state index contributed by atoms with van der Waals surface area (Å²) in [5.74, 6) is -0.209. The van der Waals surface area contributed by atoms with Gasteiger partial charge in [0.2, 0.25) is 0 Å². The van der Waals surface area contributed by atoms with Crippen LogP contribution in [0.3, 0.4) is 0 Å². The van der Waals surface area contributed by atoms with Gasteiger partial charge in [-0.05, 0) is 18.2 Å². The molecule has 11 heavy (non-hydrogen) atoms. The van der Waals surface area contributed by atoms with Gasteiger partial charge in [0.15, 0.2) is 0 Å². The monoisotopic (exact) mass is 167 g/mol. The van der Waals surface area contributed by atoms with Crippen molar-refractivity contribution in [2.75, 3.05) is 5.73 Å². The first kappa shape index (κ1) is 6.61. The highest BCUT2D eigenvalue weighted by Gasteiger charge is 2.00. The summed E-state index contributed by atoms with van der Waals surface area (Å²) in [6.45, 7) is 0. The maximum absolute atomic E-state index is 12.6. The zero-order valence-electron chi connectivity index (χ0n) is 5.67. The largest absolute Gasteiger partial charge is 0.398 e. The van der Waals surface area contributed by atoms with Gasteiger partial charge in [0.05, 0.1) is 5.69 Å². The number of hydrogen-bond donors (Lipinski definition) is 1. The van der Waals surface area contributed by atoms with E-state index in [-0.39, 0.29) is 5.82 Å². The van der Waals surface area contributed by atoms with E-state index in [1.807, 2.05) is 5.38 Å². The van der Waals surface area contributed by atoms with E-state index >= 15 is 0 Å². The molecule has 56 valence electrons. The maximum atomic E-state index is 12.6. The maximum Gasteiger partial charge on any atom is 0.124 e. The fraction of sp³-hybridized carbons (Fsp3) is 0. The lowest BCUT2D eigenvalue weighted by Gasteiger charge is -1.90. The lowest BCUT2D eigenvalue weighted by Crippen LogP contribution is -1.79. The van der Waals surface area contributed by atoms with E-state index in [1.165, 1.54) is 23.5 Å². The molecule has 2 aromatic rings. The number of thiophene rings is 1. The van der Waals surface area contributed by atoms with Crippen LogP contribution in [0.2, 0.25) is 0 Å². The Bertz CT molecular complexity index is 394. The fourth-order valence-corrected chi connectivity index (χ4v) is 1.90. The van der Waals surface area contributed by atoms with Crippen molar-refractivity contribution in [3.05, 3.63) is 29.4 Å². The van der Waals surface area contributed by atoms with Gasteiger partial charge in [-0.3, -0.25) is 0 Å². The number of halogens is 1. The predicted molar refractivity (Wildman–Crippen MR) is 46.2 cm³/mol. The zero-order chi connectivity index (χ0) is 7.84. The molecule has 0 bridgehead atoms. The van der Waals surface area contributed by atoms with Gasteiger partial charge in [-0.25, -0.2) is 4.39 Å². The molecular formula is C8H6FNS. The molecule has 0 spiro atoms. The molecule has 2 N–H and O–H groups in total. The minimum Gasteiger partial charge on any atom is -0.398 e. The normalized spacial score (nSPS) is 10.6. The first-order valence-corrected chi connectivity index (χ1v) is 4.07. The van der Waals surface area contributed by atoms with Gasteiger partial charge in [0.1, 0.15) is 5.82 Å². The molecule has 1 aromatic carbocycles. The molecular weight excluding hydrogens is 161 g/mol. The molecule has 1 aromatic heterocycles. The quantitative estimate of drug-likeness (QED) is 0.641. The minimum absolute atomic E-state index is 0.209. The second kappa shape index (κ2) is 2.20. The Morgan fingerprint density at radius 3 is 3.00 bits per heavy atom. The van der Waals surface area contributed by atoms with Crippen LogP contribution in [-0.4, -0.2) is 0 Å². The standard InChI is InChI=1S/C8H6FNS/c9-5-1-2-6-7(10)4-11-8(6)3-5/h1-4H,10H2. The summed E-state index contributed by atoms with van der Waals surface area (Å²) in [4.78, 5) is 0. The minimum atomic E-state index is -0.209. The summed E-state index contributed by atoms with van der Waals surface area (Å²) < 4.78 is 13.5. The number of rotatable bonds is 0. The number of benzene rings is 1. The molecule has 0 unspecified atom stereocenters. The average molecular weight is 167 g/mol. The number of nitrogen functional groups attached to an aromatic ring is 1. The van der Waals surface area contributed by atoms with Crippen LogP contribution in [-0.2, 0) is 0 Å². The second-order valence-corrected chi connectivity index (χ2v) is 3.24. The third kappa shape index (κ3) is 0.973. The smallest absolute Gasteiger partial charge is 0.124 e. The van der Waals surface area contributed by atoms with Crippen LogP contribution in [0.4, 0.5) is 10.1 Å². The highest BCUT2D eigenvalue weighted by molar-refractivity contribution is 7.17. The van der Waals surface area contributed by atoms with E-state index in [2.05, 4.69) is 0 Å². The fourth-order valence-electron chi connectivity index (χ4n) is 1.02. The van der Waals surface area contributed by atoms with E-state index in [9.17, 15) is 4.39 Å². The topological polar surface area (TPSA) is 26.0 Å². The molecule has 0 radical (unpaired) electrons. The molecule has 1 nitrogen and oxygen atoms in total. The Balaban J connectivity index is 2.86. The Hall–Kier alpha value is -1.09. The highest BCUT2D eigenvalue weighted by atomic mass is 32.1. The number of nitrogens with two attached hydrogens (primary N) is 1. The van der Waals surface area contributed by atoms with Crippen molar-refractivity contribution in [1.29, 1.82) is 0 Å². The van der Waals surface area contributed by atoms with Crippen molar-refractivity contribution in [1.82, 2.24) is 0 Å². The van der Waals surface area contributed by atoms with Crippen LogP contribution in [0.1, 0.15) is 0 Å². The second-order valence-electron chi connectivity index (χ2n) is 2.33. The summed E-state index contributed by atoms with van der Waals surface area (Å²) >= 11 is 1.46. The summed E-state index contributed by atoms with van der Waals surface area (Å²) in [7, 11) is 0. The Labute approximate surface area is 67.3 Å². The van der Waals surface area contributed by atoms with Crippen LogP contribution in [0.5, 0.6) is 0 Å². The summed E-state index contributed by atoms with van der Waals surface area (Å²) in [5.41, 5.74) is 6.34. The SMILES string of the molecule is Nc1csc2cc(F)ccc12. The van der Waals surface area contributed by atoms with Crippen LogP contribution in [0.25, 0.3) is 10.1 Å². The molecule has 0 amide bonds.